The Morgan fingerprint density at radius 1 is 0.938 bits per heavy atom. The molecule has 0 amide bonds. The van der Waals surface area contributed by atoms with Crippen molar-refractivity contribution in [1.29, 1.82) is 0 Å². The number of aromatic nitrogens is 4. The molecule has 0 aliphatic carbocycles. The Bertz CT molecular complexity index is 2150. The van der Waals surface area contributed by atoms with E-state index >= 15 is 0 Å². The van der Waals surface area contributed by atoms with E-state index in [-0.39, 0.29) is 55.3 Å². The van der Waals surface area contributed by atoms with Crippen LogP contribution in [0.15, 0.2) is 59.8 Å². The zero-order valence-electron chi connectivity index (χ0n) is 25.0. The molecule has 2 heterocycles. The van der Waals surface area contributed by atoms with E-state index in [0.29, 0.717) is 16.3 Å². The summed E-state index contributed by atoms with van der Waals surface area (Å²) in [5, 5.41) is 15.4. The van der Waals surface area contributed by atoms with Crippen LogP contribution in [0.1, 0.15) is 15.9 Å². The van der Waals surface area contributed by atoms with Gasteiger partial charge >= 0.3 is 5.97 Å². The molecule has 252 valence electrons. The van der Waals surface area contributed by atoms with Crippen molar-refractivity contribution in [3.63, 3.8) is 0 Å². The Hall–Kier alpha value is -4.61. The molecule has 0 bridgehead atoms. The summed E-state index contributed by atoms with van der Waals surface area (Å²) in [5.74, 6) is 0.0594. The van der Waals surface area contributed by atoms with Gasteiger partial charge in [0, 0.05) is 17.2 Å². The summed E-state index contributed by atoms with van der Waals surface area (Å²) in [6.45, 7) is 1.72. The van der Waals surface area contributed by atoms with Crippen molar-refractivity contribution >= 4 is 79.5 Å². The molecule has 5 aromatic rings. The number of aryl methyl sites for hydroxylation is 1. The molecular weight excluding hydrogens is 738 g/mol. The van der Waals surface area contributed by atoms with Gasteiger partial charge in [0.2, 0.25) is 11.8 Å². The van der Waals surface area contributed by atoms with Crippen LogP contribution in [0.3, 0.4) is 0 Å². The number of hydrogen-bond donors (Lipinski definition) is 1. The number of carbonyl (C=O) groups excluding carboxylic acids is 1. The van der Waals surface area contributed by atoms with Gasteiger partial charge in [0.1, 0.15) is 17.1 Å². The predicted molar refractivity (Wildman–Crippen MR) is 177 cm³/mol. The van der Waals surface area contributed by atoms with Crippen molar-refractivity contribution in [3.05, 3.63) is 95.9 Å². The summed E-state index contributed by atoms with van der Waals surface area (Å²) >= 11 is 24.0. The summed E-state index contributed by atoms with van der Waals surface area (Å²) in [5.41, 5.74) is 0.117. The van der Waals surface area contributed by atoms with E-state index in [1.54, 1.807) is 25.1 Å². The van der Waals surface area contributed by atoms with E-state index in [4.69, 9.17) is 60.6 Å². The third kappa shape index (κ3) is 8.08. The van der Waals surface area contributed by atoms with Crippen molar-refractivity contribution in [2.75, 3.05) is 26.1 Å². The first kappa shape index (κ1) is 36.2. The van der Waals surface area contributed by atoms with Gasteiger partial charge in [-0.05, 0) is 42.8 Å². The van der Waals surface area contributed by atoms with Crippen molar-refractivity contribution < 1.29 is 37.1 Å². The average Bonchev–Trinajstić information content (AvgIpc) is 3.51. The zero-order valence-corrected chi connectivity index (χ0v) is 28.9. The quantitative estimate of drug-likeness (QED) is 0.0919. The van der Waals surface area contributed by atoms with Crippen LogP contribution in [-0.2, 0) is 14.8 Å². The molecule has 20 heteroatoms. The van der Waals surface area contributed by atoms with E-state index in [0.717, 1.165) is 17.7 Å². The molecule has 0 saturated heterocycles. The third-order valence-corrected chi connectivity index (χ3v) is 8.57. The lowest BCUT2D eigenvalue weighted by atomic mass is 10.1. The predicted octanol–water partition coefficient (Wildman–Crippen LogP) is 7.04. The van der Waals surface area contributed by atoms with Crippen LogP contribution in [0.5, 0.6) is 23.3 Å². The van der Waals surface area contributed by atoms with Crippen LogP contribution in [0.25, 0.3) is 5.78 Å². The van der Waals surface area contributed by atoms with Gasteiger partial charge in [0.15, 0.2) is 0 Å². The average molecular weight is 760 g/mol. The standard InChI is InChI=1S/C14H13Cl2N5O4S.C14H9Cl2NO5/c1-7-4-5-8(15)12(11(7)16)20-26(22,23)14-18-13-17-9(24-2)6-10(25-3)21(13)19-14;1-21-14(18)10-7-9(3-4-12(10)17(19)20)22-13-5-2-8(15)6-11(13)16/h4-6,20H,1-3H3;2-7H,1H3. The molecule has 5 rings (SSSR count). The van der Waals surface area contributed by atoms with Gasteiger partial charge < -0.3 is 18.9 Å². The number of sulfonamides is 1. The van der Waals surface area contributed by atoms with Crippen molar-refractivity contribution in [2.45, 2.75) is 12.1 Å². The van der Waals surface area contributed by atoms with Gasteiger partial charge in [-0.1, -0.05) is 52.5 Å². The number of nitrogens with zero attached hydrogens (tertiary/aromatic N) is 5. The number of nitro benzene ring substituents is 1. The highest BCUT2D eigenvalue weighted by Crippen LogP contribution is 2.35. The van der Waals surface area contributed by atoms with E-state index in [9.17, 15) is 23.3 Å². The number of methoxy groups -OCH3 is 3. The number of carbonyl (C=O) groups is 1. The molecule has 0 unspecified atom stereocenters. The molecule has 1 N–H and O–H groups in total. The Kier molecular flexibility index (Phi) is 11.4. The number of ether oxygens (including phenoxy) is 4. The van der Waals surface area contributed by atoms with Crippen molar-refractivity contribution in [3.8, 4) is 23.3 Å². The van der Waals surface area contributed by atoms with Crippen molar-refractivity contribution in [2.24, 2.45) is 0 Å². The second-order valence-corrected chi connectivity index (χ2v) is 12.4. The number of nitrogens with one attached hydrogen (secondary N) is 1. The number of fused-ring (bicyclic) bond motifs is 1. The minimum atomic E-state index is -4.18. The van der Waals surface area contributed by atoms with Gasteiger partial charge in [0.25, 0.3) is 26.6 Å². The van der Waals surface area contributed by atoms with Crippen molar-refractivity contribution in [1.82, 2.24) is 19.6 Å². The molecule has 0 radical (unpaired) electrons. The number of anilines is 1. The lowest BCUT2D eigenvalue weighted by Crippen LogP contribution is -2.15. The van der Waals surface area contributed by atoms with E-state index in [1.807, 2.05) is 0 Å². The number of benzene rings is 3. The molecule has 0 atom stereocenters. The SMILES string of the molecule is COC(=O)c1cc(Oc2ccc(Cl)cc2Cl)ccc1[N+](=O)[O-].COc1cc(OC)n2nc(S(=O)(=O)Nc3c(Cl)ccc(C)c3Cl)nc2n1. The fourth-order valence-corrected chi connectivity index (χ4v) is 5.78. The lowest BCUT2D eigenvalue weighted by Gasteiger charge is -2.10. The molecule has 2 aromatic heterocycles. The first-order valence-corrected chi connectivity index (χ1v) is 16.0. The normalized spacial score (nSPS) is 10.9. The Morgan fingerprint density at radius 2 is 1.67 bits per heavy atom. The highest BCUT2D eigenvalue weighted by Gasteiger charge is 2.26. The number of halogens is 4. The molecule has 0 aliphatic rings. The molecule has 0 fully saturated rings. The van der Waals surface area contributed by atoms with Crippen LogP contribution in [0.2, 0.25) is 20.1 Å². The van der Waals surface area contributed by atoms with Crippen LogP contribution in [-0.4, -0.2) is 60.2 Å². The summed E-state index contributed by atoms with van der Waals surface area (Å²) < 4.78 is 49.0. The summed E-state index contributed by atoms with van der Waals surface area (Å²) in [6.07, 6.45) is 0. The van der Waals surface area contributed by atoms with E-state index in [2.05, 4.69) is 24.5 Å². The third-order valence-electron chi connectivity index (χ3n) is 6.11. The largest absolute Gasteiger partial charge is 0.481 e. The molecule has 0 aliphatic heterocycles. The van der Waals surface area contributed by atoms with Gasteiger partial charge in [-0.3, -0.25) is 14.8 Å². The van der Waals surface area contributed by atoms with Gasteiger partial charge in [-0.25, -0.2) is 4.79 Å². The van der Waals surface area contributed by atoms with E-state index < -0.39 is 26.1 Å². The summed E-state index contributed by atoms with van der Waals surface area (Å²) in [6, 6.07) is 13.0. The minimum Gasteiger partial charge on any atom is -0.481 e. The number of rotatable bonds is 9. The fraction of sp³-hybridized carbons (Fsp3) is 0.143. The summed E-state index contributed by atoms with van der Waals surface area (Å²) in [7, 11) is -0.236. The lowest BCUT2D eigenvalue weighted by molar-refractivity contribution is -0.385. The molecule has 48 heavy (non-hydrogen) atoms. The maximum absolute atomic E-state index is 12.7. The van der Waals surface area contributed by atoms with Crippen LogP contribution in [0.4, 0.5) is 11.4 Å². The molecular formula is C28H22Cl4N6O9S. The Labute approximate surface area is 292 Å². The highest BCUT2D eigenvalue weighted by molar-refractivity contribution is 7.92. The number of hydrogen-bond acceptors (Lipinski definition) is 12. The summed E-state index contributed by atoms with van der Waals surface area (Å²) in [4.78, 5) is 29.8. The molecule has 0 spiro atoms. The van der Waals surface area contributed by atoms with Crippen LogP contribution < -0.4 is 18.9 Å². The van der Waals surface area contributed by atoms with E-state index in [1.165, 1.54) is 44.6 Å². The molecule has 3 aromatic carbocycles. The highest BCUT2D eigenvalue weighted by atomic mass is 35.5. The second kappa shape index (κ2) is 15.1. The second-order valence-electron chi connectivity index (χ2n) is 9.21. The maximum atomic E-state index is 12.7. The van der Waals surface area contributed by atoms with Crippen LogP contribution >= 0.6 is 46.4 Å². The Balaban J connectivity index is 0.000000220. The molecule has 0 saturated carbocycles. The van der Waals surface area contributed by atoms with Crippen LogP contribution in [0, 0.1) is 17.0 Å². The number of esters is 1. The number of nitro groups is 1. The Morgan fingerprint density at radius 3 is 2.29 bits per heavy atom. The minimum absolute atomic E-state index is 0.0111. The first-order chi connectivity index (χ1) is 22.7. The fourth-order valence-electron chi connectivity index (χ4n) is 3.79. The monoisotopic (exact) mass is 758 g/mol. The topological polar surface area (TPSA) is 186 Å². The first-order valence-electron chi connectivity index (χ1n) is 13.0. The van der Waals surface area contributed by atoms with Gasteiger partial charge in [-0.15, -0.1) is 5.10 Å². The molecule has 15 nitrogen and oxygen atoms in total. The van der Waals surface area contributed by atoms with Gasteiger partial charge in [0.05, 0.1) is 53.1 Å². The smallest absolute Gasteiger partial charge is 0.345 e. The van der Waals surface area contributed by atoms with Gasteiger partial charge in [-0.2, -0.15) is 22.9 Å². The maximum Gasteiger partial charge on any atom is 0.345 e. The zero-order chi connectivity index (χ0) is 35.3.